The number of carbonyl (C=O) groups is 1. The first kappa shape index (κ1) is 17.9. The van der Waals surface area contributed by atoms with E-state index in [0.29, 0.717) is 45.6 Å². The van der Waals surface area contributed by atoms with Crippen molar-refractivity contribution in [2.45, 2.75) is 19.8 Å². The molecule has 6 nitrogen and oxygen atoms in total. The van der Waals surface area contributed by atoms with E-state index in [0.717, 1.165) is 5.69 Å². The summed E-state index contributed by atoms with van der Waals surface area (Å²) in [6, 6.07) is 9.38. The molecule has 0 radical (unpaired) electrons. The molecule has 128 valence electrons. The molecule has 7 heteroatoms. The predicted octanol–water partition coefficient (Wildman–Crippen LogP) is 1.37. The summed E-state index contributed by atoms with van der Waals surface area (Å²) in [4.78, 5) is 14.1. The van der Waals surface area contributed by atoms with Crippen LogP contribution in [0.25, 0.3) is 0 Å². The summed E-state index contributed by atoms with van der Waals surface area (Å²) < 4.78 is 25.6. The molecule has 0 aliphatic carbocycles. The minimum Gasteiger partial charge on any atom is -0.326 e. The molecule has 2 rings (SSSR count). The average molecular weight is 339 g/mol. The van der Waals surface area contributed by atoms with Gasteiger partial charge in [0.2, 0.25) is 15.9 Å². The highest BCUT2D eigenvalue weighted by molar-refractivity contribution is 7.89. The van der Waals surface area contributed by atoms with Crippen LogP contribution in [0.3, 0.4) is 0 Å². The second kappa shape index (κ2) is 8.42. The number of amides is 1. The molecule has 1 aliphatic rings. The maximum atomic E-state index is 12.0. The smallest absolute Gasteiger partial charge is 0.225 e. The maximum absolute atomic E-state index is 12.0. The number of hydrogen-bond acceptors (Lipinski definition) is 4. The number of nitrogens with one attached hydrogen (secondary N) is 1. The van der Waals surface area contributed by atoms with Gasteiger partial charge < -0.3 is 10.2 Å². The van der Waals surface area contributed by atoms with Crippen LogP contribution in [0.15, 0.2) is 30.3 Å². The van der Waals surface area contributed by atoms with Gasteiger partial charge in [-0.3, -0.25) is 4.79 Å². The first-order chi connectivity index (χ1) is 11.0. The lowest BCUT2D eigenvalue weighted by Gasteiger charge is -2.33. The summed E-state index contributed by atoms with van der Waals surface area (Å²) in [5.74, 6) is 0.198. The Morgan fingerprint density at radius 1 is 1.13 bits per heavy atom. The molecule has 0 aromatic heterocycles. The Hall–Kier alpha value is -1.44. The maximum Gasteiger partial charge on any atom is 0.225 e. The van der Waals surface area contributed by atoms with Gasteiger partial charge in [0.15, 0.2) is 0 Å². The molecule has 0 spiro atoms. The van der Waals surface area contributed by atoms with Gasteiger partial charge in [0.05, 0.1) is 5.75 Å². The molecule has 1 heterocycles. The van der Waals surface area contributed by atoms with E-state index in [9.17, 15) is 13.2 Å². The number of piperazine rings is 1. The van der Waals surface area contributed by atoms with Crippen LogP contribution in [0.4, 0.5) is 5.69 Å². The summed E-state index contributed by atoms with van der Waals surface area (Å²) in [6.07, 6.45) is 1.05. The molecular weight excluding hydrogens is 314 g/mol. The molecule has 1 amide bonds. The first-order valence-corrected chi connectivity index (χ1v) is 9.67. The van der Waals surface area contributed by atoms with Crippen LogP contribution >= 0.6 is 0 Å². The molecule has 0 bridgehead atoms. The van der Waals surface area contributed by atoms with Crippen molar-refractivity contribution in [2.75, 3.05) is 43.8 Å². The zero-order valence-electron chi connectivity index (χ0n) is 13.6. The number of anilines is 1. The topological polar surface area (TPSA) is 69.7 Å². The monoisotopic (exact) mass is 339 g/mol. The molecule has 0 saturated carbocycles. The van der Waals surface area contributed by atoms with E-state index in [4.69, 9.17) is 0 Å². The fourth-order valence-corrected chi connectivity index (χ4v) is 4.12. The van der Waals surface area contributed by atoms with Gasteiger partial charge in [-0.2, -0.15) is 4.31 Å². The molecule has 23 heavy (non-hydrogen) atoms. The van der Waals surface area contributed by atoms with Gasteiger partial charge in [0, 0.05) is 44.8 Å². The van der Waals surface area contributed by atoms with E-state index in [2.05, 4.69) is 10.2 Å². The van der Waals surface area contributed by atoms with Crippen molar-refractivity contribution >= 4 is 21.6 Å². The molecule has 1 aromatic rings. The Labute approximate surface area is 138 Å². The number of nitrogens with zero attached hydrogens (tertiary/aromatic N) is 2. The zero-order valence-corrected chi connectivity index (χ0v) is 14.4. The van der Waals surface area contributed by atoms with Crippen molar-refractivity contribution < 1.29 is 13.2 Å². The number of para-hydroxylation sites is 1. The second-order valence-corrected chi connectivity index (χ2v) is 7.81. The third kappa shape index (κ3) is 5.60. The molecule has 1 aromatic carbocycles. The number of carbonyl (C=O) groups excluding carboxylic acids is 1. The molecule has 0 atom stereocenters. The van der Waals surface area contributed by atoms with Gasteiger partial charge in [-0.15, -0.1) is 0 Å². The van der Waals surface area contributed by atoms with E-state index < -0.39 is 10.0 Å². The summed E-state index contributed by atoms with van der Waals surface area (Å²) in [6.45, 7) is 4.92. The summed E-state index contributed by atoms with van der Waals surface area (Å²) in [7, 11) is -3.10. The third-order valence-corrected chi connectivity index (χ3v) is 5.98. The lowest BCUT2D eigenvalue weighted by molar-refractivity contribution is -0.116. The minimum absolute atomic E-state index is 0.0164. The molecule has 1 N–H and O–H groups in total. The van der Waals surface area contributed by atoms with E-state index >= 15 is 0 Å². The highest BCUT2D eigenvalue weighted by atomic mass is 32.2. The van der Waals surface area contributed by atoms with Gasteiger partial charge >= 0.3 is 0 Å². The molecule has 1 fully saturated rings. The molecular formula is C16H25N3O3S. The van der Waals surface area contributed by atoms with Crippen LogP contribution in [0, 0.1) is 0 Å². The van der Waals surface area contributed by atoms with Crippen molar-refractivity contribution in [2.24, 2.45) is 0 Å². The Bertz CT molecular complexity index is 596. The number of rotatable bonds is 7. The van der Waals surface area contributed by atoms with E-state index in [1.165, 1.54) is 0 Å². The Kier molecular flexibility index (Phi) is 6.56. The SMILES string of the molecule is CCCS(=O)(=O)N1CCN(CCC(=O)Nc2ccccc2)CC1. The van der Waals surface area contributed by atoms with Gasteiger partial charge in [-0.05, 0) is 18.6 Å². The second-order valence-electron chi connectivity index (χ2n) is 5.72. The van der Waals surface area contributed by atoms with Crippen LogP contribution < -0.4 is 5.32 Å². The Morgan fingerprint density at radius 3 is 2.39 bits per heavy atom. The first-order valence-electron chi connectivity index (χ1n) is 8.06. The summed E-state index contributed by atoms with van der Waals surface area (Å²) in [5, 5.41) is 2.86. The van der Waals surface area contributed by atoms with Crippen LogP contribution in [-0.4, -0.2) is 62.0 Å². The van der Waals surface area contributed by atoms with Gasteiger partial charge in [0.25, 0.3) is 0 Å². The third-order valence-electron chi connectivity index (χ3n) is 3.90. The Balaban J connectivity index is 1.71. The van der Waals surface area contributed by atoms with Crippen LogP contribution in [0.5, 0.6) is 0 Å². The molecule has 1 aliphatic heterocycles. The summed E-state index contributed by atoms with van der Waals surface area (Å²) in [5.41, 5.74) is 0.799. The molecule has 0 unspecified atom stereocenters. The standard InChI is InChI=1S/C16H25N3O3S/c1-2-14-23(21,22)19-12-10-18(11-13-19)9-8-16(20)17-15-6-4-3-5-7-15/h3-7H,2,8-14H2,1H3,(H,17,20). The lowest BCUT2D eigenvalue weighted by atomic mass is 10.3. The van der Waals surface area contributed by atoms with Gasteiger partial charge in [-0.1, -0.05) is 25.1 Å². The number of hydrogen-bond donors (Lipinski definition) is 1. The predicted molar refractivity (Wildman–Crippen MR) is 91.8 cm³/mol. The van der Waals surface area contributed by atoms with Crippen LogP contribution in [-0.2, 0) is 14.8 Å². The van der Waals surface area contributed by atoms with Gasteiger partial charge in [0.1, 0.15) is 0 Å². The van der Waals surface area contributed by atoms with Crippen molar-refractivity contribution in [1.29, 1.82) is 0 Å². The minimum atomic E-state index is -3.10. The highest BCUT2D eigenvalue weighted by Gasteiger charge is 2.26. The zero-order chi connectivity index (χ0) is 16.7. The lowest BCUT2D eigenvalue weighted by Crippen LogP contribution is -2.49. The average Bonchev–Trinajstić information content (AvgIpc) is 2.54. The number of sulfonamides is 1. The quantitative estimate of drug-likeness (QED) is 0.815. The number of benzene rings is 1. The fraction of sp³-hybridized carbons (Fsp3) is 0.562. The van der Waals surface area contributed by atoms with E-state index in [1.807, 2.05) is 37.3 Å². The normalized spacial score (nSPS) is 17.1. The molecule has 1 saturated heterocycles. The van der Waals surface area contributed by atoms with Crippen molar-refractivity contribution in [3.63, 3.8) is 0 Å². The van der Waals surface area contributed by atoms with Gasteiger partial charge in [-0.25, -0.2) is 8.42 Å². The fourth-order valence-electron chi connectivity index (χ4n) is 2.62. The van der Waals surface area contributed by atoms with Crippen molar-refractivity contribution in [3.05, 3.63) is 30.3 Å². The van der Waals surface area contributed by atoms with Crippen molar-refractivity contribution in [1.82, 2.24) is 9.21 Å². The van der Waals surface area contributed by atoms with E-state index in [-0.39, 0.29) is 11.7 Å². The van der Waals surface area contributed by atoms with Crippen LogP contribution in [0.2, 0.25) is 0 Å². The highest BCUT2D eigenvalue weighted by Crippen LogP contribution is 2.10. The van der Waals surface area contributed by atoms with E-state index in [1.54, 1.807) is 4.31 Å². The van der Waals surface area contributed by atoms with Crippen molar-refractivity contribution in [3.8, 4) is 0 Å². The summed E-state index contributed by atoms with van der Waals surface area (Å²) >= 11 is 0. The van der Waals surface area contributed by atoms with Crippen LogP contribution in [0.1, 0.15) is 19.8 Å². The largest absolute Gasteiger partial charge is 0.326 e. The Morgan fingerprint density at radius 2 is 1.78 bits per heavy atom.